The lowest BCUT2D eigenvalue weighted by Crippen LogP contribution is -2.63. The van der Waals surface area contributed by atoms with Crippen LogP contribution in [0, 0.1) is 29.6 Å². The maximum absolute atomic E-state index is 14.4. The summed E-state index contributed by atoms with van der Waals surface area (Å²) in [4.78, 5) is 68.9. The van der Waals surface area contributed by atoms with Crippen LogP contribution in [0.1, 0.15) is 107 Å². The first kappa shape index (κ1) is 41.0. The number of nitrogens with one attached hydrogen (secondary N) is 4. The Balaban J connectivity index is 2.35. The normalized spacial score (nSPS) is 21.3. The van der Waals surface area contributed by atoms with Crippen LogP contribution in [0.2, 0.25) is 0 Å². The number of hydrogen-bond acceptors (Lipinski definition) is 6. The van der Waals surface area contributed by atoms with Gasteiger partial charge in [0.2, 0.25) is 17.6 Å². The Hall–Kier alpha value is -3.20. The molecule has 2 fully saturated rings. The molecule has 12 heteroatoms. The molecular formula is C36H59N5O6S. The summed E-state index contributed by atoms with van der Waals surface area (Å²) in [5.74, 6) is 0.270. The predicted molar refractivity (Wildman–Crippen MR) is 190 cm³/mol. The van der Waals surface area contributed by atoms with Gasteiger partial charge in [0.15, 0.2) is 0 Å². The van der Waals surface area contributed by atoms with E-state index in [1.807, 2.05) is 55.4 Å². The van der Waals surface area contributed by atoms with Crippen molar-refractivity contribution in [1.29, 1.82) is 0 Å². The highest BCUT2D eigenvalue weighted by Crippen LogP contribution is 2.34. The summed E-state index contributed by atoms with van der Waals surface area (Å²) < 4.78 is 12.8. The molecule has 1 saturated heterocycles. The highest BCUT2D eigenvalue weighted by atomic mass is 32.2. The Bertz CT molecular complexity index is 1250. The lowest BCUT2D eigenvalue weighted by Gasteiger charge is -2.41. The molecule has 270 valence electrons. The van der Waals surface area contributed by atoms with Crippen molar-refractivity contribution in [3.63, 3.8) is 0 Å². The molecular weight excluding hydrogens is 630 g/mol. The van der Waals surface area contributed by atoms with E-state index in [-0.39, 0.29) is 31.2 Å². The number of nitrogens with zero attached hydrogens (tertiary/aromatic N) is 1. The van der Waals surface area contributed by atoms with Crippen LogP contribution in [0.4, 0.5) is 4.79 Å². The zero-order valence-corrected chi connectivity index (χ0v) is 31.1. The summed E-state index contributed by atoms with van der Waals surface area (Å²) in [5, 5.41) is 11.2. The van der Waals surface area contributed by atoms with E-state index in [9.17, 15) is 28.2 Å². The molecule has 0 spiro atoms. The van der Waals surface area contributed by atoms with Gasteiger partial charge in [-0.25, -0.2) is 4.79 Å². The molecule has 0 bridgehead atoms. The van der Waals surface area contributed by atoms with Crippen LogP contribution in [-0.2, 0) is 30.0 Å². The monoisotopic (exact) mass is 689 g/mol. The van der Waals surface area contributed by atoms with Gasteiger partial charge in [-0.05, 0) is 63.7 Å². The number of Topliss-reactive ketones (excluding diaryl/α,β-unsaturated/α-hetero) is 1. The third-order valence-electron chi connectivity index (χ3n) is 9.37. The molecule has 1 heterocycles. The fourth-order valence-corrected chi connectivity index (χ4v) is 7.54. The molecule has 1 aliphatic carbocycles. The summed E-state index contributed by atoms with van der Waals surface area (Å²) >= 11 is 0. The van der Waals surface area contributed by atoms with Crippen molar-refractivity contribution >= 4 is 40.3 Å². The summed E-state index contributed by atoms with van der Waals surface area (Å²) in [7, 11) is -1.19. The summed E-state index contributed by atoms with van der Waals surface area (Å²) in [5.41, 5.74) is -1.38. The largest absolute Gasteiger partial charge is 0.346 e. The molecule has 1 aliphatic heterocycles. The number of urea groups is 1. The summed E-state index contributed by atoms with van der Waals surface area (Å²) in [6.07, 6.45) is 11.7. The van der Waals surface area contributed by atoms with Crippen molar-refractivity contribution < 1.29 is 28.2 Å². The van der Waals surface area contributed by atoms with Gasteiger partial charge in [0.25, 0.3) is 5.91 Å². The average molecular weight is 690 g/mol. The van der Waals surface area contributed by atoms with Gasteiger partial charge in [0, 0.05) is 40.8 Å². The Morgan fingerprint density at radius 1 is 1.04 bits per heavy atom. The molecule has 2 aliphatic rings. The molecule has 5 atom stereocenters. The summed E-state index contributed by atoms with van der Waals surface area (Å²) in [6.45, 7) is 19.3. The number of terminal acetylenes is 1. The van der Waals surface area contributed by atoms with E-state index in [4.69, 9.17) is 6.42 Å². The van der Waals surface area contributed by atoms with E-state index in [1.165, 1.54) is 11.0 Å². The lowest BCUT2D eigenvalue weighted by atomic mass is 9.83. The molecule has 11 nitrogen and oxygen atoms in total. The van der Waals surface area contributed by atoms with Gasteiger partial charge in [-0.1, -0.05) is 60.0 Å². The second-order valence-electron chi connectivity index (χ2n) is 15.8. The first-order valence-electron chi connectivity index (χ1n) is 17.2. The number of carbonyl (C=O) groups excluding carboxylic acids is 5. The molecule has 0 radical (unpaired) electrons. The number of hydrogen-bond donors (Lipinski definition) is 4. The quantitative estimate of drug-likeness (QED) is 0.124. The second-order valence-corrected chi connectivity index (χ2v) is 18.0. The Kier molecular flexibility index (Phi) is 14.9. The topological polar surface area (TPSA) is 154 Å². The van der Waals surface area contributed by atoms with Crippen LogP contribution < -0.4 is 21.3 Å². The highest BCUT2D eigenvalue weighted by Gasteiger charge is 2.47. The molecule has 2 rings (SSSR count). The Morgan fingerprint density at radius 2 is 1.67 bits per heavy atom. The fraction of sp³-hybridized carbons (Fsp3) is 0.750. The molecule has 0 aromatic heterocycles. The van der Waals surface area contributed by atoms with Crippen LogP contribution in [0.3, 0.4) is 0 Å². The zero-order valence-electron chi connectivity index (χ0n) is 30.3. The smallest absolute Gasteiger partial charge is 0.315 e. The van der Waals surface area contributed by atoms with Crippen LogP contribution in [0.25, 0.3) is 0 Å². The van der Waals surface area contributed by atoms with Gasteiger partial charge in [-0.2, -0.15) is 0 Å². The molecule has 4 N–H and O–H groups in total. The van der Waals surface area contributed by atoms with Gasteiger partial charge >= 0.3 is 6.03 Å². The van der Waals surface area contributed by atoms with Crippen molar-refractivity contribution in [3.8, 4) is 12.3 Å². The van der Waals surface area contributed by atoms with Crippen LogP contribution >= 0.6 is 0 Å². The lowest BCUT2D eigenvalue weighted by molar-refractivity contribution is -0.143. The van der Waals surface area contributed by atoms with Gasteiger partial charge in [0.1, 0.15) is 12.1 Å². The summed E-state index contributed by atoms with van der Waals surface area (Å²) in [6, 6.07) is -3.59. The zero-order chi connectivity index (χ0) is 36.4. The minimum Gasteiger partial charge on any atom is -0.346 e. The van der Waals surface area contributed by atoms with Gasteiger partial charge in [0.05, 0.1) is 11.6 Å². The predicted octanol–water partition coefficient (Wildman–Crippen LogP) is 3.59. The van der Waals surface area contributed by atoms with Gasteiger partial charge < -0.3 is 26.2 Å². The van der Waals surface area contributed by atoms with E-state index in [0.29, 0.717) is 31.6 Å². The Morgan fingerprint density at radius 3 is 2.19 bits per heavy atom. The SMILES string of the molecule is C#CCCC(NC(=O)[C@@H]1C[C@@H](C(C)C)CN1C(=O)[C@@H](NC(=O)NC1(CS(=O)C(C)(C)C)CCCCC1)C(C)(C)C)C(=O)C(=O)NCC=C. The van der Waals surface area contributed by atoms with E-state index in [1.54, 1.807) is 0 Å². The van der Waals surface area contributed by atoms with Crippen LogP contribution in [0.5, 0.6) is 0 Å². The fourth-order valence-electron chi connectivity index (χ4n) is 6.24. The van der Waals surface area contributed by atoms with Gasteiger partial charge in [-0.3, -0.25) is 23.4 Å². The van der Waals surface area contributed by atoms with Crippen molar-refractivity contribution in [3.05, 3.63) is 12.7 Å². The van der Waals surface area contributed by atoms with Gasteiger partial charge in [-0.15, -0.1) is 18.9 Å². The average Bonchev–Trinajstić information content (AvgIpc) is 3.45. The van der Waals surface area contributed by atoms with E-state index >= 15 is 0 Å². The number of likely N-dealkylation sites (tertiary alicyclic amines) is 1. The minimum atomic E-state index is -1.19. The highest BCUT2D eigenvalue weighted by molar-refractivity contribution is 7.86. The molecule has 0 aromatic carbocycles. The molecule has 0 aromatic rings. The molecule has 5 amide bonds. The van der Waals surface area contributed by atoms with E-state index < -0.39 is 74.2 Å². The number of ketones is 1. The van der Waals surface area contributed by atoms with Crippen molar-refractivity contribution in [2.24, 2.45) is 17.3 Å². The maximum Gasteiger partial charge on any atom is 0.315 e. The number of carbonyl (C=O) groups is 5. The standard InChI is InChI=1S/C36H59N5O6S/c1-11-13-17-26(28(42)31(44)37-20-12-2)38-30(43)27-21-25(24(3)4)22-41(27)32(45)29(34(5,6)7)39-33(46)40-36(18-15-14-16-19-36)23-48(47)35(8,9)10/h1,12,24-27,29H,2,13-23H2,3-10H3,(H,37,44)(H,38,43)(H2,39,40,46)/t25-,26?,27+,29-,48?/m1/s1. The van der Waals surface area contributed by atoms with E-state index in [0.717, 1.165) is 19.3 Å². The first-order chi connectivity index (χ1) is 22.3. The van der Waals surface area contributed by atoms with E-state index in [2.05, 4.69) is 33.8 Å². The van der Waals surface area contributed by atoms with Crippen molar-refractivity contribution in [2.45, 2.75) is 135 Å². The minimum absolute atomic E-state index is 0.00668. The number of rotatable bonds is 14. The molecule has 2 unspecified atom stereocenters. The second kappa shape index (κ2) is 17.5. The van der Waals surface area contributed by atoms with Crippen molar-refractivity contribution in [1.82, 2.24) is 26.2 Å². The van der Waals surface area contributed by atoms with Crippen LogP contribution in [-0.4, -0.2) is 85.9 Å². The maximum atomic E-state index is 14.4. The third-order valence-corrected chi connectivity index (χ3v) is 11.6. The van der Waals surface area contributed by atoms with Crippen molar-refractivity contribution in [2.75, 3.05) is 18.8 Å². The van der Waals surface area contributed by atoms with Crippen LogP contribution in [0.15, 0.2) is 12.7 Å². The molecule has 48 heavy (non-hydrogen) atoms. The Labute approximate surface area is 290 Å². The molecule has 1 saturated carbocycles. The number of amides is 5. The first-order valence-corrected chi connectivity index (χ1v) is 18.5. The third kappa shape index (κ3) is 11.5.